The average molecular weight is 226 g/mol. The van der Waals surface area contributed by atoms with E-state index >= 15 is 0 Å². The van der Waals surface area contributed by atoms with Gasteiger partial charge in [0.15, 0.2) is 0 Å². The molecule has 0 saturated heterocycles. The minimum absolute atomic E-state index is 0.159. The predicted octanol–water partition coefficient (Wildman–Crippen LogP) is 2.60. The molecular formula is C12H18O2S. The lowest BCUT2D eigenvalue weighted by molar-refractivity contribution is -0.131. The van der Waals surface area contributed by atoms with Crippen LogP contribution in [0, 0.1) is 5.92 Å². The first kappa shape index (κ1) is 11.2. The van der Waals surface area contributed by atoms with Gasteiger partial charge in [-0.25, -0.2) is 0 Å². The smallest absolute Gasteiger partial charge is 0.140 e. The molecule has 2 aliphatic rings. The van der Waals surface area contributed by atoms with Crippen LogP contribution < -0.4 is 0 Å². The van der Waals surface area contributed by atoms with Crippen LogP contribution in [-0.2, 0) is 9.59 Å². The van der Waals surface area contributed by atoms with Gasteiger partial charge in [-0.15, -0.1) is 0 Å². The topological polar surface area (TPSA) is 34.1 Å². The molecule has 0 radical (unpaired) electrons. The van der Waals surface area contributed by atoms with Gasteiger partial charge in [-0.1, -0.05) is 13.8 Å². The summed E-state index contributed by atoms with van der Waals surface area (Å²) in [7, 11) is 0. The number of ketones is 2. The number of Topliss-reactive ketones (excluding diaryl/α,β-unsaturated/α-hetero) is 2. The molecule has 2 aliphatic carbocycles. The van der Waals surface area contributed by atoms with E-state index in [1.54, 1.807) is 0 Å². The van der Waals surface area contributed by atoms with Gasteiger partial charge in [0.1, 0.15) is 11.6 Å². The molecular weight excluding hydrogens is 208 g/mol. The number of hydrogen-bond acceptors (Lipinski definition) is 3. The van der Waals surface area contributed by atoms with Gasteiger partial charge >= 0.3 is 0 Å². The maximum atomic E-state index is 11.4. The van der Waals surface area contributed by atoms with E-state index in [2.05, 4.69) is 13.8 Å². The summed E-state index contributed by atoms with van der Waals surface area (Å²) < 4.78 is 0.278. The van der Waals surface area contributed by atoms with Crippen LogP contribution in [0.25, 0.3) is 0 Å². The summed E-state index contributed by atoms with van der Waals surface area (Å²) in [4.78, 5) is 22.8. The molecule has 0 aromatic rings. The lowest BCUT2D eigenvalue weighted by atomic mass is 9.84. The first-order valence-electron chi connectivity index (χ1n) is 5.73. The molecule has 0 spiro atoms. The summed E-state index contributed by atoms with van der Waals surface area (Å²) in [6, 6.07) is 0. The maximum Gasteiger partial charge on any atom is 0.140 e. The van der Waals surface area contributed by atoms with Crippen LogP contribution in [0.1, 0.15) is 46.0 Å². The Hall–Kier alpha value is -0.310. The normalized spacial score (nSPS) is 26.1. The van der Waals surface area contributed by atoms with Crippen molar-refractivity contribution in [2.24, 2.45) is 5.92 Å². The molecule has 0 aromatic carbocycles. The zero-order valence-corrected chi connectivity index (χ0v) is 10.2. The van der Waals surface area contributed by atoms with Crippen molar-refractivity contribution in [2.45, 2.75) is 55.9 Å². The third-order valence-corrected chi connectivity index (χ3v) is 4.98. The van der Waals surface area contributed by atoms with Gasteiger partial charge in [0.2, 0.25) is 0 Å². The zero-order valence-electron chi connectivity index (χ0n) is 9.41. The number of thioether (sulfide) groups is 1. The van der Waals surface area contributed by atoms with Crippen LogP contribution in [0.5, 0.6) is 0 Å². The molecule has 15 heavy (non-hydrogen) atoms. The fourth-order valence-corrected chi connectivity index (χ4v) is 4.21. The van der Waals surface area contributed by atoms with Crippen LogP contribution in [-0.4, -0.2) is 21.6 Å². The van der Waals surface area contributed by atoms with Gasteiger partial charge in [-0.3, -0.25) is 9.59 Å². The maximum absolute atomic E-state index is 11.4. The second kappa shape index (κ2) is 3.93. The molecule has 2 rings (SSSR count). The minimum atomic E-state index is 0.159. The molecule has 0 bridgehead atoms. The van der Waals surface area contributed by atoms with Gasteiger partial charge < -0.3 is 0 Å². The quantitative estimate of drug-likeness (QED) is 0.694. The molecule has 2 saturated carbocycles. The molecule has 0 N–H and O–H groups in total. The summed E-state index contributed by atoms with van der Waals surface area (Å²) >= 11 is 1.97. The van der Waals surface area contributed by atoms with Gasteiger partial charge in [-0.2, -0.15) is 11.8 Å². The Bertz CT molecular complexity index is 276. The van der Waals surface area contributed by atoms with E-state index in [9.17, 15) is 9.59 Å². The fraction of sp³-hybridized carbons (Fsp3) is 0.833. The summed E-state index contributed by atoms with van der Waals surface area (Å²) in [6.45, 7) is 4.38. The highest BCUT2D eigenvalue weighted by atomic mass is 32.2. The second-order valence-corrected chi connectivity index (χ2v) is 7.08. The molecule has 0 amide bonds. The molecule has 0 heterocycles. The van der Waals surface area contributed by atoms with E-state index < -0.39 is 0 Å². The molecule has 2 nitrogen and oxygen atoms in total. The SMILES string of the molecule is CC(C)SC1(C2CC(=O)CC(=O)C2)CC1. The van der Waals surface area contributed by atoms with Gasteiger partial charge in [0, 0.05) is 17.6 Å². The van der Waals surface area contributed by atoms with Crippen LogP contribution >= 0.6 is 11.8 Å². The van der Waals surface area contributed by atoms with E-state index in [-0.39, 0.29) is 22.7 Å². The van der Waals surface area contributed by atoms with Crippen molar-refractivity contribution < 1.29 is 9.59 Å². The first-order chi connectivity index (χ1) is 7.02. The van der Waals surface area contributed by atoms with Crippen molar-refractivity contribution in [1.82, 2.24) is 0 Å². The third kappa shape index (κ3) is 2.44. The summed E-state index contributed by atoms with van der Waals surface area (Å²) in [5.41, 5.74) is 0. The molecule has 84 valence electrons. The highest BCUT2D eigenvalue weighted by Gasteiger charge is 2.52. The largest absolute Gasteiger partial charge is 0.299 e. The minimum Gasteiger partial charge on any atom is -0.299 e. The molecule has 0 unspecified atom stereocenters. The Balaban J connectivity index is 2.03. The Kier molecular flexibility index (Phi) is 2.93. The lowest BCUT2D eigenvalue weighted by Crippen LogP contribution is -2.31. The van der Waals surface area contributed by atoms with Gasteiger partial charge in [-0.05, 0) is 24.0 Å². The first-order valence-corrected chi connectivity index (χ1v) is 6.61. The molecule has 0 atom stereocenters. The van der Waals surface area contributed by atoms with Crippen molar-refractivity contribution in [3.05, 3.63) is 0 Å². The van der Waals surface area contributed by atoms with Crippen molar-refractivity contribution in [1.29, 1.82) is 0 Å². The van der Waals surface area contributed by atoms with Gasteiger partial charge in [0.25, 0.3) is 0 Å². The predicted molar refractivity (Wildman–Crippen MR) is 62.0 cm³/mol. The summed E-state index contributed by atoms with van der Waals surface area (Å²) in [5, 5.41) is 0.597. The Morgan fingerprint density at radius 1 is 1.20 bits per heavy atom. The van der Waals surface area contributed by atoms with Crippen molar-refractivity contribution in [3.8, 4) is 0 Å². The number of rotatable bonds is 3. The van der Waals surface area contributed by atoms with Crippen molar-refractivity contribution in [2.75, 3.05) is 0 Å². The molecule has 0 aliphatic heterocycles. The fourth-order valence-electron chi connectivity index (χ4n) is 2.57. The van der Waals surface area contributed by atoms with Crippen LogP contribution in [0.2, 0.25) is 0 Å². The summed E-state index contributed by atoms with van der Waals surface area (Å²) in [6.07, 6.45) is 3.87. The van der Waals surface area contributed by atoms with E-state index in [0.29, 0.717) is 24.0 Å². The highest BCUT2D eigenvalue weighted by molar-refractivity contribution is 8.01. The number of carbonyl (C=O) groups excluding carboxylic acids is 2. The monoisotopic (exact) mass is 226 g/mol. The Morgan fingerprint density at radius 2 is 1.73 bits per heavy atom. The average Bonchev–Trinajstić information content (AvgIpc) is 2.82. The lowest BCUT2D eigenvalue weighted by Gasteiger charge is -2.29. The van der Waals surface area contributed by atoms with Crippen molar-refractivity contribution >= 4 is 23.3 Å². The third-order valence-electron chi connectivity index (χ3n) is 3.30. The summed E-state index contributed by atoms with van der Waals surface area (Å²) in [5.74, 6) is 0.650. The highest BCUT2D eigenvalue weighted by Crippen LogP contribution is 2.58. The zero-order chi connectivity index (χ0) is 11.1. The number of hydrogen-bond donors (Lipinski definition) is 0. The van der Waals surface area contributed by atoms with E-state index in [1.165, 1.54) is 12.8 Å². The van der Waals surface area contributed by atoms with E-state index in [0.717, 1.165) is 0 Å². The van der Waals surface area contributed by atoms with E-state index in [1.807, 2.05) is 11.8 Å². The molecule has 3 heteroatoms. The van der Waals surface area contributed by atoms with Crippen molar-refractivity contribution in [3.63, 3.8) is 0 Å². The molecule has 2 fully saturated rings. The van der Waals surface area contributed by atoms with E-state index in [4.69, 9.17) is 0 Å². The molecule has 0 aromatic heterocycles. The van der Waals surface area contributed by atoms with Crippen LogP contribution in [0.15, 0.2) is 0 Å². The second-order valence-electron chi connectivity index (χ2n) is 5.09. The Morgan fingerprint density at radius 3 is 2.13 bits per heavy atom. The Labute approximate surface area is 95.2 Å². The van der Waals surface area contributed by atoms with Crippen LogP contribution in [0.3, 0.4) is 0 Å². The number of carbonyl (C=O) groups is 2. The standard InChI is InChI=1S/C12H18O2S/c1-8(2)15-12(3-4-12)9-5-10(13)7-11(14)6-9/h8-9H,3-7H2,1-2H3. The van der Waals surface area contributed by atoms with Crippen LogP contribution in [0.4, 0.5) is 0 Å². The van der Waals surface area contributed by atoms with Gasteiger partial charge in [0.05, 0.1) is 6.42 Å².